The Hall–Kier alpha value is -2.26. The molecule has 3 aromatic rings. The number of ketones is 1. The van der Waals surface area contributed by atoms with Gasteiger partial charge in [0.25, 0.3) is 0 Å². The molecule has 0 spiro atoms. The zero-order chi connectivity index (χ0) is 14.1. The Morgan fingerprint density at radius 1 is 1.05 bits per heavy atom. The fourth-order valence-electron chi connectivity index (χ4n) is 2.10. The highest BCUT2D eigenvalue weighted by atomic mass is 35.5. The summed E-state index contributed by atoms with van der Waals surface area (Å²) in [4.78, 5) is 16.7. The van der Waals surface area contributed by atoms with Crippen LogP contribution in [-0.4, -0.2) is 10.8 Å². The Morgan fingerprint density at radius 3 is 2.70 bits per heavy atom. The Kier molecular flexibility index (Phi) is 3.20. The van der Waals surface area contributed by atoms with E-state index >= 15 is 0 Å². The van der Waals surface area contributed by atoms with Gasteiger partial charge in [-0.25, -0.2) is 4.39 Å². The van der Waals surface area contributed by atoms with Gasteiger partial charge in [-0.15, -0.1) is 0 Å². The van der Waals surface area contributed by atoms with Crippen LogP contribution in [0.5, 0.6) is 0 Å². The molecule has 0 radical (unpaired) electrons. The number of carbonyl (C=O) groups excluding carboxylic acids is 1. The van der Waals surface area contributed by atoms with Crippen molar-refractivity contribution in [1.82, 2.24) is 4.98 Å². The summed E-state index contributed by atoms with van der Waals surface area (Å²) in [7, 11) is 0. The highest BCUT2D eigenvalue weighted by molar-refractivity contribution is 6.31. The van der Waals surface area contributed by atoms with Crippen LogP contribution < -0.4 is 0 Å². The molecule has 0 aliphatic carbocycles. The second kappa shape index (κ2) is 5.02. The van der Waals surface area contributed by atoms with Crippen LogP contribution in [0.25, 0.3) is 10.9 Å². The molecule has 1 aromatic heterocycles. The number of aromatic nitrogens is 1. The molecule has 0 aliphatic rings. The van der Waals surface area contributed by atoms with Crippen molar-refractivity contribution in [3.8, 4) is 0 Å². The predicted octanol–water partition coefficient (Wildman–Crippen LogP) is 4.26. The van der Waals surface area contributed by atoms with Gasteiger partial charge in [-0.05, 0) is 30.3 Å². The van der Waals surface area contributed by atoms with E-state index < -0.39 is 11.6 Å². The fraction of sp³-hybridized carbons (Fsp3) is 0. The van der Waals surface area contributed by atoms with Gasteiger partial charge in [0.05, 0.1) is 11.1 Å². The Balaban J connectivity index is 2.20. The number of para-hydroxylation sites is 1. The minimum atomic E-state index is -0.590. The highest BCUT2D eigenvalue weighted by Crippen LogP contribution is 2.22. The number of hydrogen-bond donors (Lipinski definition) is 0. The zero-order valence-electron chi connectivity index (χ0n) is 10.3. The molecule has 98 valence electrons. The molecule has 0 N–H and O–H groups in total. The molecule has 0 bridgehead atoms. The minimum absolute atomic E-state index is 0.0457. The second-order valence-corrected chi connectivity index (χ2v) is 4.77. The van der Waals surface area contributed by atoms with E-state index in [1.807, 2.05) is 12.1 Å². The van der Waals surface area contributed by atoms with Crippen molar-refractivity contribution < 1.29 is 9.18 Å². The summed E-state index contributed by atoms with van der Waals surface area (Å²) in [6.07, 6.45) is 1.60. The second-order valence-electron chi connectivity index (χ2n) is 4.33. The fourth-order valence-corrected chi connectivity index (χ4v) is 2.28. The summed E-state index contributed by atoms with van der Waals surface area (Å²) in [6, 6.07) is 12.8. The van der Waals surface area contributed by atoms with Crippen LogP contribution in [0.3, 0.4) is 0 Å². The maximum absolute atomic E-state index is 13.8. The molecule has 20 heavy (non-hydrogen) atoms. The Bertz CT molecular complexity index is 811. The molecule has 2 aromatic carbocycles. The monoisotopic (exact) mass is 285 g/mol. The molecular weight excluding hydrogens is 277 g/mol. The van der Waals surface area contributed by atoms with Crippen LogP contribution in [0.2, 0.25) is 5.02 Å². The van der Waals surface area contributed by atoms with E-state index in [1.165, 1.54) is 18.2 Å². The molecular formula is C16H9ClFNO. The molecule has 0 aliphatic heterocycles. The molecule has 0 fully saturated rings. The Labute approximate surface area is 119 Å². The van der Waals surface area contributed by atoms with Crippen LogP contribution >= 0.6 is 11.6 Å². The molecule has 0 atom stereocenters. The van der Waals surface area contributed by atoms with Crippen molar-refractivity contribution in [3.05, 3.63) is 76.7 Å². The van der Waals surface area contributed by atoms with E-state index in [1.54, 1.807) is 24.4 Å². The molecule has 4 heteroatoms. The average Bonchev–Trinajstić information content (AvgIpc) is 2.48. The van der Waals surface area contributed by atoms with Gasteiger partial charge in [0.2, 0.25) is 0 Å². The first-order chi connectivity index (χ1) is 9.66. The summed E-state index contributed by atoms with van der Waals surface area (Å²) < 4.78 is 13.8. The number of benzene rings is 2. The molecule has 0 saturated heterocycles. The minimum Gasteiger partial charge on any atom is -0.288 e. The lowest BCUT2D eigenvalue weighted by atomic mass is 10.00. The quantitative estimate of drug-likeness (QED) is 0.659. The van der Waals surface area contributed by atoms with Crippen LogP contribution in [0.15, 0.2) is 54.7 Å². The number of hydrogen-bond acceptors (Lipinski definition) is 2. The Morgan fingerprint density at radius 2 is 1.85 bits per heavy atom. The largest absolute Gasteiger partial charge is 0.288 e. The maximum Gasteiger partial charge on any atom is 0.198 e. The van der Waals surface area contributed by atoms with E-state index in [0.717, 1.165) is 5.39 Å². The average molecular weight is 286 g/mol. The van der Waals surface area contributed by atoms with Gasteiger partial charge in [-0.3, -0.25) is 9.78 Å². The molecule has 0 amide bonds. The van der Waals surface area contributed by atoms with Crippen molar-refractivity contribution in [2.75, 3.05) is 0 Å². The number of rotatable bonds is 2. The molecule has 1 heterocycles. The summed E-state index contributed by atoms with van der Waals surface area (Å²) in [5.74, 6) is -1.01. The highest BCUT2D eigenvalue weighted by Gasteiger charge is 2.17. The zero-order valence-corrected chi connectivity index (χ0v) is 11.1. The summed E-state index contributed by atoms with van der Waals surface area (Å²) in [6.45, 7) is 0. The molecule has 0 unspecified atom stereocenters. The molecule has 0 saturated carbocycles. The number of nitrogens with zero attached hydrogens (tertiary/aromatic N) is 1. The topological polar surface area (TPSA) is 30.0 Å². The number of fused-ring (bicyclic) bond motifs is 1. The SMILES string of the molecule is O=C(c1cc(Cl)ccc1F)c1cccc2cccnc12. The van der Waals surface area contributed by atoms with E-state index in [0.29, 0.717) is 16.1 Å². The smallest absolute Gasteiger partial charge is 0.198 e. The molecule has 2 nitrogen and oxygen atoms in total. The van der Waals surface area contributed by atoms with Crippen molar-refractivity contribution in [1.29, 1.82) is 0 Å². The number of halogens is 2. The third kappa shape index (κ3) is 2.17. The lowest BCUT2D eigenvalue weighted by Gasteiger charge is -2.06. The standard InChI is InChI=1S/C16H9ClFNO/c17-11-6-7-14(18)13(9-11)16(20)12-5-1-3-10-4-2-8-19-15(10)12/h1-9H. The maximum atomic E-state index is 13.8. The van der Waals surface area contributed by atoms with Gasteiger partial charge in [0.15, 0.2) is 5.78 Å². The van der Waals surface area contributed by atoms with Gasteiger partial charge < -0.3 is 0 Å². The number of carbonyl (C=O) groups is 1. The van der Waals surface area contributed by atoms with Crippen molar-refractivity contribution >= 4 is 28.3 Å². The first kappa shape index (κ1) is 12.8. The third-order valence-electron chi connectivity index (χ3n) is 3.05. The first-order valence-corrected chi connectivity index (χ1v) is 6.38. The number of pyridine rings is 1. The normalized spacial score (nSPS) is 10.7. The van der Waals surface area contributed by atoms with Crippen molar-refractivity contribution in [2.45, 2.75) is 0 Å². The molecule has 3 rings (SSSR count). The van der Waals surface area contributed by atoms with E-state index in [-0.39, 0.29) is 5.56 Å². The van der Waals surface area contributed by atoms with Crippen molar-refractivity contribution in [3.63, 3.8) is 0 Å². The van der Waals surface area contributed by atoms with E-state index in [9.17, 15) is 9.18 Å². The van der Waals surface area contributed by atoms with Gasteiger partial charge in [0.1, 0.15) is 5.82 Å². The van der Waals surface area contributed by atoms with Gasteiger partial charge >= 0.3 is 0 Å². The van der Waals surface area contributed by atoms with Gasteiger partial charge in [0, 0.05) is 22.2 Å². The van der Waals surface area contributed by atoms with E-state index in [2.05, 4.69) is 4.98 Å². The van der Waals surface area contributed by atoms with Crippen LogP contribution in [0.4, 0.5) is 4.39 Å². The van der Waals surface area contributed by atoms with Crippen molar-refractivity contribution in [2.24, 2.45) is 0 Å². The predicted molar refractivity (Wildman–Crippen MR) is 76.6 cm³/mol. The lowest BCUT2D eigenvalue weighted by molar-refractivity contribution is 0.103. The summed E-state index contributed by atoms with van der Waals surface area (Å²) in [5, 5.41) is 1.16. The summed E-state index contributed by atoms with van der Waals surface area (Å²) >= 11 is 5.83. The lowest BCUT2D eigenvalue weighted by Crippen LogP contribution is -2.05. The van der Waals surface area contributed by atoms with E-state index in [4.69, 9.17) is 11.6 Å². The van der Waals surface area contributed by atoms with Gasteiger partial charge in [-0.1, -0.05) is 29.8 Å². The van der Waals surface area contributed by atoms with Crippen LogP contribution in [0, 0.1) is 5.82 Å². The van der Waals surface area contributed by atoms with Gasteiger partial charge in [-0.2, -0.15) is 0 Å². The third-order valence-corrected chi connectivity index (χ3v) is 3.29. The summed E-state index contributed by atoms with van der Waals surface area (Å²) in [5.41, 5.74) is 0.874. The van der Waals surface area contributed by atoms with Crippen LogP contribution in [0.1, 0.15) is 15.9 Å². The first-order valence-electron chi connectivity index (χ1n) is 6.00. The van der Waals surface area contributed by atoms with Crippen LogP contribution in [-0.2, 0) is 0 Å².